The van der Waals surface area contributed by atoms with Gasteiger partial charge >= 0.3 is 11.9 Å². The molecule has 0 aliphatic heterocycles. The highest BCUT2D eigenvalue weighted by molar-refractivity contribution is 5.95. The maximum Gasteiger partial charge on any atom is 0.309 e. The number of carboxylic acids is 1. The fourth-order valence-corrected chi connectivity index (χ4v) is 4.56. The molecule has 0 radical (unpaired) electrons. The molecule has 2 aromatic rings. The molecule has 0 saturated heterocycles. The van der Waals surface area contributed by atoms with E-state index < -0.39 is 29.2 Å². The summed E-state index contributed by atoms with van der Waals surface area (Å²) in [6.45, 7) is 6.23. The summed E-state index contributed by atoms with van der Waals surface area (Å²) in [5.74, 6) is -2.33. The number of esters is 1. The topological polar surface area (TPSA) is 102 Å². The summed E-state index contributed by atoms with van der Waals surface area (Å²) in [6.07, 6.45) is 1.22. The lowest BCUT2D eigenvalue weighted by Crippen LogP contribution is -2.61. The molecule has 2 N–H and O–H groups in total. The molecule has 3 rings (SSSR count). The molecule has 2 aromatic carbocycles. The van der Waals surface area contributed by atoms with Crippen LogP contribution in [-0.2, 0) is 25.7 Å². The van der Waals surface area contributed by atoms with Gasteiger partial charge in [-0.15, -0.1) is 0 Å². The number of amides is 1. The third kappa shape index (κ3) is 5.76. The van der Waals surface area contributed by atoms with Crippen LogP contribution in [0.15, 0.2) is 54.6 Å². The van der Waals surface area contributed by atoms with Crippen LogP contribution in [0.5, 0.6) is 11.5 Å². The van der Waals surface area contributed by atoms with Crippen molar-refractivity contribution in [2.24, 2.45) is 23.2 Å². The molecule has 7 heteroatoms. The molecule has 3 unspecified atom stereocenters. The van der Waals surface area contributed by atoms with E-state index in [1.54, 1.807) is 0 Å². The first-order valence-corrected chi connectivity index (χ1v) is 11.8. The summed E-state index contributed by atoms with van der Waals surface area (Å²) in [5, 5.41) is 12.8. The van der Waals surface area contributed by atoms with Crippen molar-refractivity contribution in [1.82, 2.24) is 5.32 Å². The van der Waals surface area contributed by atoms with Gasteiger partial charge in [-0.3, -0.25) is 14.4 Å². The van der Waals surface area contributed by atoms with Crippen LogP contribution < -0.4 is 10.1 Å². The molecular weight excluding hydrogens is 434 g/mol. The van der Waals surface area contributed by atoms with Crippen molar-refractivity contribution in [3.63, 3.8) is 0 Å². The van der Waals surface area contributed by atoms with E-state index in [4.69, 9.17) is 9.47 Å². The maximum atomic E-state index is 13.2. The number of hydrogen-bond acceptors (Lipinski definition) is 5. The van der Waals surface area contributed by atoms with Crippen molar-refractivity contribution in [2.45, 2.75) is 46.6 Å². The van der Waals surface area contributed by atoms with Crippen LogP contribution in [0.4, 0.5) is 0 Å². The van der Waals surface area contributed by atoms with Gasteiger partial charge in [-0.25, -0.2) is 0 Å². The quantitative estimate of drug-likeness (QED) is 0.460. The van der Waals surface area contributed by atoms with Crippen molar-refractivity contribution in [3.8, 4) is 11.5 Å². The number of carboxylic acid groups (broad SMARTS) is 1. The van der Waals surface area contributed by atoms with Crippen LogP contribution in [0.2, 0.25) is 0 Å². The Morgan fingerprint density at radius 1 is 1.06 bits per heavy atom. The van der Waals surface area contributed by atoms with Gasteiger partial charge in [0.15, 0.2) is 0 Å². The summed E-state index contributed by atoms with van der Waals surface area (Å²) in [7, 11) is 0. The molecule has 1 fully saturated rings. The summed E-state index contributed by atoms with van der Waals surface area (Å²) in [4.78, 5) is 37.8. The molecule has 7 nitrogen and oxygen atoms in total. The van der Waals surface area contributed by atoms with Gasteiger partial charge < -0.3 is 19.9 Å². The Bertz CT molecular complexity index is 988. The number of hydrogen-bond donors (Lipinski definition) is 2. The zero-order chi connectivity index (χ0) is 24.7. The molecule has 34 heavy (non-hydrogen) atoms. The van der Waals surface area contributed by atoms with Gasteiger partial charge in [-0.05, 0) is 48.6 Å². The van der Waals surface area contributed by atoms with E-state index in [0.717, 1.165) is 11.3 Å². The first-order chi connectivity index (χ1) is 16.3. The number of aliphatic carboxylic acids is 1. The number of ether oxygens (including phenoxy) is 2. The Kier molecular flexibility index (Phi) is 8.31. The number of carbonyl (C=O) groups excluding carboxylic acids is 2. The molecule has 3 atom stereocenters. The van der Waals surface area contributed by atoms with E-state index in [1.807, 2.05) is 75.4 Å². The predicted octanol–water partition coefficient (Wildman–Crippen LogP) is 4.80. The fraction of sp³-hybridized carbons (Fsp3) is 0.444. The molecule has 182 valence electrons. The molecule has 0 heterocycles. The Morgan fingerprint density at radius 3 is 2.29 bits per heavy atom. The van der Waals surface area contributed by atoms with E-state index >= 15 is 0 Å². The van der Waals surface area contributed by atoms with Crippen LogP contribution in [0.25, 0.3) is 0 Å². The number of nitrogens with one attached hydrogen (secondary N) is 1. The average Bonchev–Trinajstić information content (AvgIpc) is 2.79. The minimum absolute atomic E-state index is 0.153. The Hall–Kier alpha value is -3.35. The SMILES string of the molecule is CCCC1(C(=O)NCc2ccc(Oc3ccccc3)cc2)CC(C(=O)OCC(C)C)C1C(=O)O. The van der Waals surface area contributed by atoms with E-state index in [-0.39, 0.29) is 31.4 Å². The number of para-hydroxylation sites is 1. The van der Waals surface area contributed by atoms with E-state index in [9.17, 15) is 19.5 Å². The molecule has 1 aliphatic carbocycles. The van der Waals surface area contributed by atoms with Crippen LogP contribution in [0.3, 0.4) is 0 Å². The van der Waals surface area contributed by atoms with Gasteiger partial charge in [0.25, 0.3) is 0 Å². The highest BCUT2D eigenvalue weighted by atomic mass is 16.5. The number of rotatable bonds is 11. The zero-order valence-electron chi connectivity index (χ0n) is 20.0. The van der Waals surface area contributed by atoms with E-state index in [2.05, 4.69) is 5.32 Å². The second-order valence-electron chi connectivity index (χ2n) is 9.30. The van der Waals surface area contributed by atoms with Gasteiger partial charge in [0.2, 0.25) is 5.91 Å². The standard InChI is InChI=1S/C27H33NO6/c1-4-14-27(15-22(23(27)24(29)30)25(31)33-17-18(2)3)26(32)28-16-19-10-12-21(13-11-19)34-20-8-6-5-7-9-20/h5-13,18,22-23H,4,14-17H2,1-3H3,(H,28,32)(H,29,30). The van der Waals surface area contributed by atoms with Crippen LogP contribution >= 0.6 is 0 Å². The van der Waals surface area contributed by atoms with Crippen molar-refractivity contribution in [1.29, 1.82) is 0 Å². The highest BCUT2D eigenvalue weighted by Crippen LogP contribution is 2.55. The molecule has 0 spiro atoms. The molecule has 0 aromatic heterocycles. The van der Waals surface area contributed by atoms with Crippen LogP contribution in [-0.4, -0.2) is 29.6 Å². The Morgan fingerprint density at radius 2 is 1.71 bits per heavy atom. The maximum absolute atomic E-state index is 13.2. The molecule has 0 bridgehead atoms. The number of benzene rings is 2. The fourth-order valence-electron chi connectivity index (χ4n) is 4.56. The second kappa shape index (κ2) is 11.2. The van der Waals surface area contributed by atoms with Crippen molar-refractivity contribution in [3.05, 3.63) is 60.2 Å². The lowest BCUT2D eigenvalue weighted by atomic mass is 9.51. The van der Waals surface area contributed by atoms with Crippen LogP contribution in [0.1, 0.15) is 45.6 Å². The lowest BCUT2D eigenvalue weighted by Gasteiger charge is -2.50. The average molecular weight is 468 g/mol. The van der Waals surface area contributed by atoms with Gasteiger partial charge in [-0.1, -0.05) is 57.5 Å². The minimum Gasteiger partial charge on any atom is -0.481 e. The predicted molar refractivity (Wildman–Crippen MR) is 127 cm³/mol. The van der Waals surface area contributed by atoms with Crippen LogP contribution in [0, 0.1) is 23.2 Å². The normalized spacial score (nSPS) is 21.4. The van der Waals surface area contributed by atoms with E-state index in [0.29, 0.717) is 18.6 Å². The Labute approximate surface area is 200 Å². The summed E-state index contributed by atoms with van der Waals surface area (Å²) >= 11 is 0. The molecule has 1 aliphatic rings. The number of carbonyl (C=O) groups is 3. The molecule has 1 amide bonds. The monoisotopic (exact) mass is 467 g/mol. The summed E-state index contributed by atoms with van der Waals surface area (Å²) in [5.41, 5.74) is -0.252. The first kappa shape index (κ1) is 25.3. The van der Waals surface area contributed by atoms with E-state index in [1.165, 1.54) is 0 Å². The van der Waals surface area contributed by atoms with Crippen molar-refractivity contribution < 1.29 is 29.0 Å². The van der Waals surface area contributed by atoms with Gasteiger partial charge in [0.05, 0.1) is 23.9 Å². The summed E-state index contributed by atoms with van der Waals surface area (Å²) < 4.78 is 11.1. The third-order valence-corrected chi connectivity index (χ3v) is 6.21. The minimum atomic E-state index is -1.14. The zero-order valence-corrected chi connectivity index (χ0v) is 20.0. The Balaban J connectivity index is 1.64. The van der Waals surface area contributed by atoms with Crippen molar-refractivity contribution >= 4 is 17.8 Å². The second-order valence-corrected chi connectivity index (χ2v) is 9.30. The lowest BCUT2D eigenvalue weighted by molar-refractivity contribution is -0.186. The van der Waals surface area contributed by atoms with Gasteiger partial charge in [-0.2, -0.15) is 0 Å². The third-order valence-electron chi connectivity index (χ3n) is 6.21. The highest BCUT2D eigenvalue weighted by Gasteiger charge is 2.64. The summed E-state index contributed by atoms with van der Waals surface area (Å²) in [6, 6.07) is 16.8. The first-order valence-electron chi connectivity index (χ1n) is 11.8. The van der Waals surface area contributed by atoms with Gasteiger partial charge in [0, 0.05) is 6.54 Å². The van der Waals surface area contributed by atoms with Crippen molar-refractivity contribution in [2.75, 3.05) is 6.61 Å². The molecule has 1 saturated carbocycles. The molecular formula is C27H33NO6. The largest absolute Gasteiger partial charge is 0.481 e. The van der Waals surface area contributed by atoms with Gasteiger partial charge in [0.1, 0.15) is 11.5 Å². The smallest absolute Gasteiger partial charge is 0.309 e.